The molecule has 1 saturated heterocycles. The molecule has 5 heteroatoms. The highest BCUT2D eigenvalue weighted by molar-refractivity contribution is 14.1. The van der Waals surface area contributed by atoms with E-state index in [2.05, 4.69) is 34.8 Å². The second-order valence-corrected chi connectivity index (χ2v) is 6.01. The molecule has 0 aromatic heterocycles. The highest BCUT2D eigenvalue weighted by Crippen LogP contribution is 2.17. The lowest BCUT2D eigenvalue weighted by Crippen LogP contribution is -2.46. The molecule has 1 aliphatic rings. The number of hydrogen-bond acceptors (Lipinski definition) is 2. The van der Waals surface area contributed by atoms with E-state index in [4.69, 9.17) is 0 Å². The molecule has 1 fully saturated rings. The van der Waals surface area contributed by atoms with E-state index in [0.717, 1.165) is 35.1 Å². The van der Waals surface area contributed by atoms with Gasteiger partial charge < -0.3 is 10.2 Å². The minimum absolute atomic E-state index is 0. The Morgan fingerprint density at radius 3 is 2.84 bits per heavy atom. The maximum Gasteiger partial charge on any atom is 0.253 e. The molecule has 2 rings (SSSR count). The first-order valence-corrected chi connectivity index (χ1v) is 7.42. The number of amides is 1. The van der Waals surface area contributed by atoms with Gasteiger partial charge in [-0.1, -0.05) is 6.07 Å². The van der Waals surface area contributed by atoms with Crippen molar-refractivity contribution >= 4 is 40.9 Å². The molecule has 19 heavy (non-hydrogen) atoms. The Bertz CT molecular complexity index is 453. The smallest absolute Gasteiger partial charge is 0.253 e. The standard InChI is InChI=1S/C14H19IN2O.ClH/c1-10-5-6-11(8-13(10)15)14(18)17-7-3-4-12(9-17)16-2;/h5-6,8,12,16H,3-4,7,9H2,1-2H3;1H. The maximum atomic E-state index is 12.4. The van der Waals surface area contributed by atoms with Crippen LogP contribution in [-0.4, -0.2) is 37.0 Å². The molecule has 3 nitrogen and oxygen atoms in total. The van der Waals surface area contributed by atoms with Gasteiger partial charge in [0.05, 0.1) is 0 Å². The van der Waals surface area contributed by atoms with Gasteiger partial charge in [-0.05, 0) is 67.1 Å². The Morgan fingerprint density at radius 2 is 2.21 bits per heavy atom. The molecule has 1 heterocycles. The normalized spacial score (nSPS) is 18.9. The van der Waals surface area contributed by atoms with E-state index in [1.165, 1.54) is 5.56 Å². The van der Waals surface area contributed by atoms with Crippen LogP contribution in [0.1, 0.15) is 28.8 Å². The first kappa shape index (κ1) is 16.7. The largest absolute Gasteiger partial charge is 0.337 e. The van der Waals surface area contributed by atoms with Crippen molar-refractivity contribution in [3.8, 4) is 0 Å². The second-order valence-electron chi connectivity index (χ2n) is 4.84. The summed E-state index contributed by atoms with van der Waals surface area (Å²) in [5, 5.41) is 3.27. The summed E-state index contributed by atoms with van der Waals surface area (Å²) in [5.74, 6) is 0.160. The van der Waals surface area contributed by atoms with E-state index in [1.54, 1.807) is 0 Å². The van der Waals surface area contributed by atoms with Crippen molar-refractivity contribution in [2.24, 2.45) is 0 Å². The SMILES string of the molecule is CNC1CCCN(C(=O)c2ccc(C)c(I)c2)C1.Cl. The van der Waals surface area contributed by atoms with Gasteiger partial charge in [-0.15, -0.1) is 12.4 Å². The first-order chi connectivity index (χ1) is 8.61. The number of likely N-dealkylation sites (N-methyl/N-ethyl adjacent to an activating group) is 1. The van der Waals surface area contributed by atoms with Gasteiger partial charge in [0.1, 0.15) is 0 Å². The topological polar surface area (TPSA) is 32.3 Å². The molecule has 0 aliphatic carbocycles. The third-order valence-corrected chi connectivity index (χ3v) is 4.70. The number of hydrogen-bond donors (Lipinski definition) is 1. The summed E-state index contributed by atoms with van der Waals surface area (Å²) in [6.07, 6.45) is 2.24. The summed E-state index contributed by atoms with van der Waals surface area (Å²) in [6, 6.07) is 6.38. The van der Waals surface area contributed by atoms with Gasteiger partial charge in [0.25, 0.3) is 5.91 Å². The number of carbonyl (C=O) groups is 1. The lowest BCUT2D eigenvalue weighted by atomic mass is 10.0. The summed E-state index contributed by atoms with van der Waals surface area (Å²) in [4.78, 5) is 14.4. The van der Waals surface area contributed by atoms with Crippen molar-refractivity contribution in [1.82, 2.24) is 10.2 Å². The molecule has 1 atom stereocenters. The molecule has 1 aromatic carbocycles. The van der Waals surface area contributed by atoms with Crippen molar-refractivity contribution in [3.63, 3.8) is 0 Å². The van der Waals surface area contributed by atoms with Crippen LogP contribution < -0.4 is 5.32 Å². The molecular weight excluding hydrogens is 375 g/mol. The quantitative estimate of drug-likeness (QED) is 0.782. The number of benzene rings is 1. The fraction of sp³-hybridized carbons (Fsp3) is 0.500. The average molecular weight is 395 g/mol. The van der Waals surface area contributed by atoms with Crippen molar-refractivity contribution < 1.29 is 4.79 Å². The Kier molecular flexibility index (Phi) is 6.56. The van der Waals surface area contributed by atoms with Crippen LogP contribution in [0.2, 0.25) is 0 Å². The van der Waals surface area contributed by atoms with Gasteiger partial charge in [0.15, 0.2) is 0 Å². The van der Waals surface area contributed by atoms with E-state index in [0.29, 0.717) is 6.04 Å². The molecular formula is C14H20ClIN2O. The predicted molar refractivity (Wildman–Crippen MR) is 89.1 cm³/mol. The lowest BCUT2D eigenvalue weighted by Gasteiger charge is -2.32. The number of rotatable bonds is 2. The maximum absolute atomic E-state index is 12.4. The lowest BCUT2D eigenvalue weighted by molar-refractivity contribution is 0.0698. The van der Waals surface area contributed by atoms with E-state index >= 15 is 0 Å². The molecule has 106 valence electrons. The zero-order valence-corrected chi connectivity index (χ0v) is 14.3. The number of nitrogens with zero attached hydrogens (tertiary/aromatic N) is 1. The van der Waals surface area contributed by atoms with Crippen LogP contribution in [-0.2, 0) is 0 Å². The fourth-order valence-electron chi connectivity index (χ4n) is 2.31. The summed E-state index contributed by atoms with van der Waals surface area (Å²) >= 11 is 2.28. The number of carbonyl (C=O) groups excluding carboxylic acids is 1. The molecule has 0 radical (unpaired) electrons. The second kappa shape index (κ2) is 7.45. The summed E-state index contributed by atoms with van der Waals surface area (Å²) in [5.41, 5.74) is 2.03. The summed E-state index contributed by atoms with van der Waals surface area (Å²) in [6.45, 7) is 3.76. The number of halogens is 2. The fourth-order valence-corrected chi connectivity index (χ4v) is 2.82. The van der Waals surface area contributed by atoms with Crippen LogP contribution >= 0.6 is 35.0 Å². The Labute approximate surface area is 134 Å². The predicted octanol–water partition coefficient (Wildman–Crippen LogP) is 2.85. The van der Waals surface area contributed by atoms with E-state index in [9.17, 15) is 4.79 Å². The Morgan fingerprint density at radius 1 is 1.47 bits per heavy atom. The number of likely N-dealkylation sites (tertiary alicyclic amines) is 1. The molecule has 1 N–H and O–H groups in total. The van der Waals surface area contributed by atoms with Crippen LogP contribution in [0.15, 0.2) is 18.2 Å². The molecule has 1 unspecified atom stereocenters. The van der Waals surface area contributed by atoms with E-state index in [-0.39, 0.29) is 18.3 Å². The van der Waals surface area contributed by atoms with Gasteiger partial charge in [-0.25, -0.2) is 0 Å². The van der Waals surface area contributed by atoms with Gasteiger partial charge in [-0.3, -0.25) is 4.79 Å². The van der Waals surface area contributed by atoms with Gasteiger partial charge in [-0.2, -0.15) is 0 Å². The minimum Gasteiger partial charge on any atom is -0.337 e. The Hall–Kier alpha value is -0.330. The number of aryl methyl sites for hydroxylation is 1. The van der Waals surface area contributed by atoms with Gasteiger partial charge in [0, 0.05) is 28.3 Å². The van der Waals surface area contributed by atoms with E-state index in [1.807, 2.05) is 30.1 Å². The summed E-state index contributed by atoms with van der Waals surface area (Å²) in [7, 11) is 1.97. The molecule has 0 bridgehead atoms. The molecule has 1 aromatic rings. The van der Waals surface area contributed by atoms with Crippen molar-refractivity contribution in [3.05, 3.63) is 32.9 Å². The third kappa shape index (κ3) is 4.07. The highest BCUT2D eigenvalue weighted by Gasteiger charge is 2.23. The zero-order valence-electron chi connectivity index (χ0n) is 11.3. The van der Waals surface area contributed by atoms with E-state index < -0.39 is 0 Å². The van der Waals surface area contributed by atoms with Crippen LogP contribution in [0.3, 0.4) is 0 Å². The average Bonchev–Trinajstić information content (AvgIpc) is 2.41. The van der Waals surface area contributed by atoms with Crippen LogP contribution in [0.4, 0.5) is 0 Å². The van der Waals surface area contributed by atoms with Crippen LogP contribution in [0.5, 0.6) is 0 Å². The van der Waals surface area contributed by atoms with Crippen LogP contribution in [0, 0.1) is 10.5 Å². The third-order valence-electron chi connectivity index (χ3n) is 3.54. The number of piperidine rings is 1. The van der Waals surface area contributed by atoms with Crippen molar-refractivity contribution in [1.29, 1.82) is 0 Å². The molecule has 1 aliphatic heterocycles. The number of nitrogens with one attached hydrogen (secondary N) is 1. The summed E-state index contributed by atoms with van der Waals surface area (Å²) < 4.78 is 1.15. The van der Waals surface area contributed by atoms with Gasteiger partial charge in [0.2, 0.25) is 0 Å². The highest BCUT2D eigenvalue weighted by atomic mass is 127. The van der Waals surface area contributed by atoms with Crippen molar-refractivity contribution in [2.75, 3.05) is 20.1 Å². The van der Waals surface area contributed by atoms with Gasteiger partial charge >= 0.3 is 0 Å². The minimum atomic E-state index is 0. The molecule has 0 saturated carbocycles. The Balaban J connectivity index is 0.00000180. The molecule has 0 spiro atoms. The zero-order chi connectivity index (χ0) is 13.1. The van der Waals surface area contributed by atoms with Crippen LogP contribution in [0.25, 0.3) is 0 Å². The monoisotopic (exact) mass is 394 g/mol. The van der Waals surface area contributed by atoms with Crippen molar-refractivity contribution in [2.45, 2.75) is 25.8 Å². The molecule has 1 amide bonds. The first-order valence-electron chi connectivity index (χ1n) is 6.34.